The van der Waals surface area contributed by atoms with Crippen LogP contribution in [0.1, 0.15) is 29.7 Å². The average molecular weight is 271 g/mol. The Morgan fingerprint density at radius 1 is 1.30 bits per heavy atom. The molecule has 0 bridgehead atoms. The number of hydrogen-bond donors (Lipinski definition) is 1. The molecule has 4 heteroatoms. The molecule has 3 nitrogen and oxygen atoms in total. The number of nitrogens with zero attached hydrogens (tertiary/aromatic N) is 1. The molecular weight excluding hydrogens is 257 g/mol. The zero-order valence-corrected chi connectivity index (χ0v) is 11.0. The van der Waals surface area contributed by atoms with Gasteiger partial charge in [0.1, 0.15) is 18.2 Å². The molecule has 0 saturated carbocycles. The molecule has 2 rings (SSSR count). The van der Waals surface area contributed by atoms with Crippen LogP contribution < -0.4 is 4.74 Å². The van der Waals surface area contributed by atoms with E-state index in [-0.39, 0.29) is 12.4 Å². The van der Waals surface area contributed by atoms with Crippen molar-refractivity contribution in [2.45, 2.75) is 19.6 Å². The summed E-state index contributed by atoms with van der Waals surface area (Å²) in [7, 11) is 0. The number of rotatable bonds is 4. The lowest BCUT2D eigenvalue weighted by molar-refractivity contribution is 0.190. The van der Waals surface area contributed by atoms with Crippen LogP contribution in [0.3, 0.4) is 0 Å². The monoisotopic (exact) mass is 271 g/mol. The minimum Gasteiger partial charge on any atom is -0.488 e. The summed E-state index contributed by atoms with van der Waals surface area (Å²) in [5.74, 6) is -0.147. The van der Waals surface area contributed by atoms with E-state index in [1.54, 1.807) is 31.2 Å². The van der Waals surface area contributed by atoms with Gasteiger partial charge in [-0.1, -0.05) is 18.2 Å². The standard InChI is InChI=1S/C16H14FNO2/c1-11(19)15-7-6-14(17)8-16(15)20-10-13-5-3-2-4-12(13)9-18/h2-8,11,19H,10H2,1H3/t11-/m1/s1. The Kier molecular flexibility index (Phi) is 4.34. The van der Waals surface area contributed by atoms with Crippen LogP contribution in [0, 0.1) is 17.1 Å². The second-order valence-corrected chi connectivity index (χ2v) is 4.42. The summed E-state index contributed by atoms with van der Waals surface area (Å²) in [5.41, 5.74) is 1.75. The van der Waals surface area contributed by atoms with Gasteiger partial charge in [0.25, 0.3) is 0 Å². The molecular formula is C16H14FNO2. The summed E-state index contributed by atoms with van der Waals surface area (Å²) in [4.78, 5) is 0. The third-order valence-corrected chi connectivity index (χ3v) is 2.95. The van der Waals surface area contributed by atoms with Crippen molar-refractivity contribution in [3.63, 3.8) is 0 Å². The highest BCUT2D eigenvalue weighted by atomic mass is 19.1. The molecule has 0 heterocycles. The van der Waals surface area contributed by atoms with E-state index in [9.17, 15) is 9.50 Å². The van der Waals surface area contributed by atoms with Crippen molar-refractivity contribution in [3.05, 3.63) is 65.0 Å². The molecule has 0 aliphatic carbocycles. The van der Waals surface area contributed by atoms with Gasteiger partial charge in [-0.3, -0.25) is 0 Å². The summed E-state index contributed by atoms with van der Waals surface area (Å²) in [6.45, 7) is 1.73. The molecule has 102 valence electrons. The fourth-order valence-corrected chi connectivity index (χ4v) is 1.89. The molecule has 0 aliphatic rings. The Bertz CT molecular complexity index is 647. The summed E-state index contributed by atoms with van der Waals surface area (Å²) in [6.07, 6.45) is -0.753. The van der Waals surface area contributed by atoms with Crippen molar-refractivity contribution < 1.29 is 14.2 Å². The normalized spacial score (nSPS) is 11.7. The number of halogens is 1. The number of nitriles is 1. The van der Waals surface area contributed by atoms with Crippen LogP contribution in [0.4, 0.5) is 4.39 Å². The van der Waals surface area contributed by atoms with Crippen LogP contribution in [0.25, 0.3) is 0 Å². The Hall–Kier alpha value is -2.38. The largest absolute Gasteiger partial charge is 0.488 e. The van der Waals surface area contributed by atoms with Crippen LogP contribution in [-0.2, 0) is 6.61 Å². The van der Waals surface area contributed by atoms with Gasteiger partial charge in [0, 0.05) is 17.2 Å². The lowest BCUT2D eigenvalue weighted by atomic mass is 10.1. The Balaban J connectivity index is 2.23. The topological polar surface area (TPSA) is 53.2 Å². The molecule has 0 spiro atoms. The molecule has 2 aromatic carbocycles. The molecule has 20 heavy (non-hydrogen) atoms. The zero-order valence-electron chi connectivity index (χ0n) is 11.0. The molecule has 2 aromatic rings. The summed E-state index contributed by atoms with van der Waals surface area (Å²) in [5, 5.41) is 18.6. The summed E-state index contributed by atoms with van der Waals surface area (Å²) < 4.78 is 18.8. The number of ether oxygens (including phenoxy) is 1. The van der Waals surface area contributed by atoms with E-state index in [1.807, 2.05) is 0 Å². The van der Waals surface area contributed by atoms with E-state index in [1.165, 1.54) is 18.2 Å². The van der Waals surface area contributed by atoms with Crippen LogP contribution in [-0.4, -0.2) is 5.11 Å². The van der Waals surface area contributed by atoms with E-state index in [0.29, 0.717) is 11.1 Å². The van der Waals surface area contributed by atoms with Crippen LogP contribution in [0.2, 0.25) is 0 Å². The summed E-state index contributed by atoms with van der Waals surface area (Å²) >= 11 is 0. The van der Waals surface area contributed by atoms with Crippen LogP contribution in [0.15, 0.2) is 42.5 Å². The van der Waals surface area contributed by atoms with Crippen molar-refractivity contribution in [3.8, 4) is 11.8 Å². The van der Waals surface area contributed by atoms with Gasteiger partial charge in [-0.25, -0.2) is 4.39 Å². The first-order valence-electron chi connectivity index (χ1n) is 6.20. The van der Waals surface area contributed by atoms with Crippen molar-refractivity contribution in [2.24, 2.45) is 0 Å². The van der Waals surface area contributed by atoms with Gasteiger partial charge >= 0.3 is 0 Å². The van der Waals surface area contributed by atoms with E-state index in [2.05, 4.69) is 6.07 Å². The van der Waals surface area contributed by atoms with E-state index in [4.69, 9.17) is 10.00 Å². The molecule has 0 fully saturated rings. The smallest absolute Gasteiger partial charge is 0.128 e. The third kappa shape index (κ3) is 3.14. The van der Waals surface area contributed by atoms with Crippen molar-refractivity contribution >= 4 is 0 Å². The highest BCUT2D eigenvalue weighted by Gasteiger charge is 2.11. The average Bonchev–Trinajstić information content (AvgIpc) is 2.45. The van der Waals surface area contributed by atoms with Crippen molar-refractivity contribution in [1.29, 1.82) is 5.26 Å². The molecule has 0 aromatic heterocycles. The molecule has 0 radical (unpaired) electrons. The fourth-order valence-electron chi connectivity index (χ4n) is 1.89. The molecule has 0 aliphatic heterocycles. The summed E-state index contributed by atoms with van der Waals surface area (Å²) in [6, 6.07) is 13.1. The highest BCUT2D eigenvalue weighted by Crippen LogP contribution is 2.27. The second kappa shape index (κ2) is 6.18. The van der Waals surface area contributed by atoms with Gasteiger partial charge in [0.15, 0.2) is 0 Å². The van der Waals surface area contributed by atoms with E-state index in [0.717, 1.165) is 5.56 Å². The lowest BCUT2D eigenvalue weighted by Crippen LogP contribution is -2.03. The second-order valence-electron chi connectivity index (χ2n) is 4.42. The number of benzene rings is 2. The van der Waals surface area contributed by atoms with E-state index < -0.39 is 11.9 Å². The quantitative estimate of drug-likeness (QED) is 0.928. The highest BCUT2D eigenvalue weighted by molar-refractivity contribution is 5.39. The predicted octanol–water partition coefficient (Wildman–Crippen LogP) is 3.33. The minimum atomic E-state index is -0.753. The van der Waals surface area contributed by atoms with Crippen LogP contribution in [0.5, 0.6) is 5.75 Å². The van der Waals surface area contributed by atoms with Gasteiger partial charge < -0.3 is 9.84 Å². The van der Waals surface area contributed by atoms with Gasteiger partial charge in [0.05, 0.1) is 17.7 Å². The maximum atomic E-state index is 13.3. The first-order chi connectivity index (χ1) is 9.61. The van der Waals surface area contributed by atoms with Crippen LogP contribution >= 0.6 is 0 Å². The molecule has 1 N–H and O–H groups in total. The van der Waals surface area contributed by atoms with Gasteiger partial charge in [-0.2, -0.15) is 5.26 Å². The Morgan fingerprint density at radius 2 is 2.05 bits per heavy atom. The number of hydrogen-bond acceptors (Lipinski definition) is 3. The molecule has 0 saturated heterocycles. The first kappa shape index (κ1) is 14.0. The predicted molar refractivity (Wildman–Crippen MR) is 72.5 cm³/mol. The number of aliphatic hydroxyl groups excluding tert-OH is 1. The van der Waals surface area contributed by atoms with Gasteiger partial charge in [-0.05, 0) is 25.1 Å². The number of aliphatic hydroxyl groups is 1. The lowest BCUT2D eigenvalue weighted by Gasteiger charge is -2.14. The third-order valence-electron chi connectivity index (χ3n) is 2.95. The van der Waals surface area contributed by atoms with Gasteiger partial charge in [-0.15, -0.1) is 0 Å². The maximum absolute atomic E-state index is 13.3. The van der Waals surface area contributed by atoms with Gasteiger partial charge in [0.2, 0.25) is 0 Å². The first-order valence-corrected chi connectivity index (χ1v) is 6.20. The maximum Gasteiger partial charge on any atom is 0.128 e. The SMILES string of the molecule is C[C@@H](O)c1ccc(F)cc1OCc1ccccc1C#N. The molecule has 0 amide bonds. The Morgan fingerprint density at radius 3 is 2.75 bits per heavy atom. The van der Waals surface area contributed by atoms with Crippen molar-refractivity contribution in [1.82, 2.24) is 0 Å². The fraction of sp³-hybridized carbons (Fsp3) is 0.188. The minimum absolute atomic E-state index is 0.146. The molecule has 1 atom stereocenters. The van der Waals surface area contributed by atoms with E-state index >= 15 is 0 Å². The Labute approximate surface area is 116 Å². The molecule has 0 unspecified atom stereocenters. The van der Waals surface area contributed by atoms with Crippen molar-refractivity contribution in [2.75, 3.05) is 0 Å². The zero-order chi connectivity index (χ0) is 14.5.